The van der Waals surface area contributed by atoms with E-state index in [-0.39, 0.29) is 5.03 Å². The van der Waals surface area contributed by atoms with Gasteiger partial charge < -0.3 is 0 Å². The zero-order valence-electron chi connectivity index (χ0n) is 6.43. The lowest BCUT2D eigenvalue weighted by Gasteiger charge is -2.05. The fourth-order valence-corrected chi connectivity index (χ4v) is 1.49. The van der Waals surface area contributed by atoms with E-state index in [0.717, 1.165) is 17.7 Å². The number of anilines is 1. The Hall–Kier alpha value is -1.58. The van der Waals surface area contributed by atoms with Crippen LogP contribution in [0.1, 0.15) is 5.56 Å². The monoisotopic (exact) mass is 164 g/mol. The zero-order valence-corrected chi connectivity index (χ0v) is 6.43. The molecule has 2 rings (SSSR count). The van der Waals surface area contributed by atoms with E-state index in [1.807, 2.05) is 18.2 Å². The van der Waals surface area contributed by atoms with Crippen molar-refractivity contribution in [2.24, 2.45) is 0 Å². The highest BCUT2D eigenvalue weighted by atomic mass is 16.7. The van der Waals surface area contributed by atoms with E-state index in [9.17, 15) is 10.1 Å². The van der Waals surface area contributed by atoms with Crippen molar-refractivity contribution in [2.75, 3.05) is 11.6 Å². The maximum Gasteiger partial charge on any atom is 0.165 e. The number of hydrogen-bond acceptors (Lipinski definition) is 2. The van der Waals surface area contributed by atoms with Gasteiger partial charge in [0, 0.05) is 0 Å². The summed E-state index contributed by atoms with van der Waals surface area (Å²) in [7, 11) is 0. The van der Waals surface area contributed by atoms with Gasteiger partial charge in [-0.1, -0.05) is 23.2 Å². The van der Waals surface area contributed by atoms with Gasteiger partial charge in [-0.05, 0) is 18.1 Å². The molecular formula is C8H8N2O2. The molecule has 0 fully saturated rings. The molecule has 12 heavy (non-hydrogen) atoms. The summed E-state index contributed by atoms with van der Waals surface area (Å²) in [5.74, 6) is 0. The molecule has 1 aromatic rings. The first-order valence-electron chi connectivity index (χ1n) is 3.79. The molecule has 0 unspecified atom stereocenters. The molecule has 1 heterocycles. The number of benzene rings is 1. The van der Waals surface area contributed by atoms with Gasteiger partial charge in [-0.25, -0.2) is 10.1 Å². The highest BCUT2D eigenvalue weighted by Crippen LogP contribution is 2.26. The molecule has 4 nitrogen and oxygen atoms in total. The fourth-order valence-electron chi connectivity index (χ4n) is 1.49. The Morgan fingerprint density at radius 3 is 2.92 bits per heavy atom. The predicted molar refractivity (Wildman–Crippen MR) is 44.5 cm³/mol. The summed E-state index contributed by atoms with van der Waals surface area (Å²) in [6, 6.07) is 7.44. The zero-order chi connectivity index (χ0) is 8.55. The van der Waals surface area contributed by atoms with Crippen molar-refractivity contribution >= 4 is 5.69 Å². The van der Waals surface area contributed by atoms with Crippen molar-refractivity contribution in [1.82, 2.24) is 0 Å². The van der Waals surface area contributed by atoms with Crippen molar-refractivity contribution in [1.29, 1.82) is 0 Å². The lowest BCUT2D eigenvalue weighted by molar-refractivity contribution is -0.493. The van der Waals surface area contributed by atoms with Crippen molar-refractivity contribution in [3.8, 4) is 0 Å². The molecule has 0 aliphatic carbocycles. The summed E-state index contributed by atoms with van der Waals surface area (Å²) in [6.45, 7) is 0.492. The quantitative estimate of drug-likeness (QED) is 0.463. The number of nitrogens with zero attached hydrogens (tertiary/aromatic N) is 2. The maximum absolute atomic E-state index is 10.5. The minimum Gasteiger partial charge on any atom is -0.234 e. The van der Waals surface area contributed by atoms with Gasteiger partial charge in [0.25, 0.3) is 0 Å². The van der Waals surface area contributed by atoms with E-state index in [2.05, 4.69) is 0 Å². The van der Waals surface area contributed by atoms with Gasteiger partial charge in [-0.2, -0.15) is 0 Å². The molecule has 0 spiro atoms. The van der Waals surface area contributed by atoms with Gasteiger partial charge >= 0.3 is 0 Å². The van der Waals surface area contributed by atoms with Crippen LogP contribution >= 0.6 is 0 Å². The average molecular weight is 164 g/mol. The van der Waals surface area contributed by atoms with Crippen molar-refractivity contribution in [3.05, 3.63) is 39.9 Å². The number of para-hydroxylation sites is 1. The lowest BCUT2D eigenvalue weighted by atomic mass is 10.2. The third-order valence-corrected chi connectivity index (χ3v) is 2.06. The average Bonchev–Trinajstić information content (AvgIpc) is 2.47. The summed E-state index contributed by atoms with van der Waals surface area (Å²) >= 11 is 0. The molecule has 0 amide bonds. The Bertz CT molecular complexity index is 325. The minimum atomic E-state index is -0.355. The van der Waals surface area contributed by atoms with E-state index < -0.39 is 0 Å². The van der Waals surface area contributed by atoms with E-state index in [1.165, 1.54) is 5.01 Å². The van der Waals surface area contributed by atoms with Gasteiger partial charge in [0.05, 0.1) is 6.54 Å². The van der Waals surface area contributed by atoms with Gasteiger partial charge in [0.1, 0.15) is 5.69 Å². The van der Waals surface area contributed by atoms with E-state index in [1.54, 1.807) is 6.07 Å². The molecule has 62 valence electrons. The fraction of sp³-hybridized carbons (Fsp3) is 0.250. The predicted octanol–water partition coefficient (Wildman–Crippen LogP) is 1.24. The Morgan fingerprint density at radius 2 is 2.17 bits per heavy atom. The van der Waals surface area contributed by atoms with Gasteiger partial charge in [0.15, 0.2) is 5.03 Å². The Kier molecular flexibility index (Phi) is 1.46. The van der Waals surface area contributed by atoms with Crippen LogP contribution in [0, 0.1) is 10.1 Å². The summed E-state index contributed by atoms with van der Waals surface area (Å²) in [5.41, 5.74) is 1.80. The molecule has 0 radical (unpaired) electrons. The summed E-state index contributed by atoms with van der Waals surface area (Å²) in [5, 5.41) is 11.3. The molecule has 0 N–H and O–H groups in total. The second-order valence-electron chi connectivity index (χ2n) is 2.74. The molecule has 1 aliphatic heterocycles. The molecule has 1 aromatic carbocycles. The summed E-state index contributed by atoms with van der Waals surface area (Å²) < 4.78 is 0. The van der Waals surface area contributed by atoms with E-state index >= 15 is 0 Å². The molecule has 0 bridgehead atoms. The van der Waals surface area contributed by atoms with Crippen LogP contribution in [-0.4, -0.2) is 11.6 Å². The minimum absolute atomic E-state index is 0.355. The first kappa shape index (κ1) is 7.09. The number of rotatable bonds is 1. The summed E-state index contributed by atoms with van der Waals surface area (Å²) in [6.07, 6.45) is 0.775. The first-order valence-corrected chi connectivity index (χ1v) is 3.79. The molecule has 1 aliphatic rings. The molecule has 4 heteroatoms. The van der Waals surface area contributed by atoms with Crippen LogP contribution in [0.4, 0.5) is 5.69 Å². The Morgan fingerprint density at radius 1 is 1.42 bits per heavy atom. The Balaban J connectivity index is 2.42. The molecule has 0 atom stereocenters. The number of fused-ring (bicyclic) bond motifs is 1. The Labute approximate surface area is 69.5 Å². The van der Waals surface area contributed by atoms with Crippen LogP contribution in [-0.2, 0) is 6.42 Å². The lowest BCUT2D eigenvalue weighted by Crippen LogP contribution is -2.27. The first-order chi connectivity index (χ1) is 5.79. The molecular weight excluding hydrogens is 156 g/mol. The van der Waals surface area contributed by atoms with Crippen LogP contribution in [0.15, 0.2) is 24.3 Å². The number of nitro groups is 1. The van der Waals surface area contributed by atoms with Crippen LogP contribution in [0.2, 0.25) is 0 Å². The standard InChI is InChI=1S/C8H8N2O2/c11-10(12)9-6-5-7-3-1-2-4-8(7)9/h1-4H,5-6H2. The van der Waals surface area contributed by atoms with E-state index in [0.29, 0.717) is 6.54 Å². The van der Waals surface area contributed by atoms with Crippen molar-refractivity contribution < 1.29 is 5.03 Å². The van der Waals surface area contributed by atoms with Crippen molar-refractivity contribution in [3.63, 3.8) is 0 Å². The summed E-state index contributed by atoms with van der Waals surface area (Å²) in [4.78, 5) is 10.5. The van der Waals surface area contributed by atoms with Crippen LogP contribution < -0.4 is 5.01 Å². The third kappa shape index (κ3) is 0.922. The van der Waals surface area contributed by atoms with Crippen molar-refractivity contribution in [2.45, 2.75) is 6.42 Å². The smallest absolute Gasteiger partial charge is 0.165 e. The second-order valence-corrected chi connectivity index (χ2v) is 2.74. The highest BCUT2D eigenvalue weighted by Gasteiger charge is 2.26. The SMILES string of the molecule is O=[N+]([O-])N1CCc2ccccc21. The topological polar surface area (TPSA) is 46.4 Å². The second kappa shape index (κ2) is 2.48. The van der Waals surface area contributed by atoms with Crippen LogP contribution in [0.5, 0.6) is 0 Å². The highest BCUT2D eigenvalue weighted by molar-refractivity contribution is 5.55. The normalized spacial score (nSPS) is 14.5. The third-order valence-electron chi connectivity index (χ3n) is 2.06. The van der Waals surface area contributed by atoms with E-state index in [4.69, 9.17) is 0 Å². The number of hydrogen-bond donors (Lipinski definition) is 0. The van der Waals surface area contributed by atoms with Crippen LogP contribution in [0.25, 0.3) is 0 Å². The maximum atomic E-state index is 10.5. The van der Waals surface area contributed by atoms with Gasteiger partial charge in [-0.15, -0.1) is 0 Å². The molecule has 0 saturated carbocycles. The largest absolute Gasteiger partial charge is 0.234 e. The van der Waals surface area contributed by atoms with Gasteiger partial charge in [-0.3, -0.25) is 0 Å². The van der Waals surface area contributed by atoms with Crippen LogP contribution in [0.3, 0.4) is 0 Å². The molecule has 0 aromatic heterocycles. The molecule has 0 saturated heterocycles. The van der Waals surface area contributed by atoms with Gasteiger partial charge in [0.2, 0.25) is 0 Å². The number of hydrazine groups is 1.